The summed E-state index contributed by atoms with van der Waals surface area (Å²) in [4.78, 5) is 0. The summed E-state index contributed by atoms with van der Waals surface area (Å²) in [6.07, 6.45) is 5.02. The number of nitrogens with one attached hydrogen (secondary N) is 1. The van der Waals surface area contributed by atoms with Gasteiger partial charge in [-0.3, -0.25) is 0 Å². The molecule has 0 spiro atoms. The highest BCUT2D eigenvalue weighted by atomic mass is 35.5. The maximum atomic E-state index is 6.08. The molecule has 0 heterocycles. The van der Waals surface area contributed by atoms with E-state index in [1.165, 1.54) is 31.2 Å². The van der Waals surface area contributed by atoms with E-state index >= 15 is 0 Å². The van der Waals surface area contributed by atoms with Gasteiger partial charge in [-0.05, 0) is 43.5 Å². The maximum Gasteiger partial charge on any atom is 0.0409 e. The molecule has 1 nitrogen and oxygen atoms in total. The van der Waals surface area contributed by atoms with Crippen molar-refractivity contribution in [1.82, 2.24) is 5.32 Å². The highest BCUT2D eigenvalue weighted by Crippen LogP contribution is 2.30. The van der Waals surface area contributed by atoms with E-state index in [0.29, 0.717) is 12.0 Å². The quantitative estimate of drug-likeness (QED) is 0.735. The van der Waals surface area contributed by atoms with Crippen molar-refractivity contribution in [2.75, 3.05) is 7.05 Å². The van der Waals surface area contributed by atoms with Crippen LogP contribution in [0.2, 0.25) is 5.02 Å². The van der Waals surface area contributed by atoms with Gasteiger partial charge in [-0.15, -0.1) is 0 Å². The van der Waals surface area contributed by atoms with E-state index in [1.807, 2.05) is 19.2 Å². The van der Waals surface area contributed by atoms with E-state index in [9.17, 15) is 0 Å². The number of hydrogen-bond acceptors (Lipinski definition) is 1. The van der Waals surface area contributed by atoms with Crippen LogP contribution in [0.3, 0.4) is 0 Å². The molecule has 0 aliphatic rings. The summed E-state index contributed by atoms with van der Waals surface area (Å²) in [5.74, 6) is 0.702. The average Bonchev–Trinajstić information content (AvgIpc) is 2.31. The van der Waals surface area contributed by atoms with Crippen molar-refractivity contribution in [2.24, 2.45) is 5.92 Å². The summed E-state index contributed by atoms with van der Waals surface area (Å²) < 4.78 is 0. The van der Waals surface area contributed by atoms with Crippen LogP contribution in [0.1, 0.15) is 51.1 Å². The van der Waals surface area contributed by atoms with Gasteiger partial charge in [-0.1, -0.05) is 50.4 Å². The van der Waals surface area contributed by atoms with Gasteiger partial charge in [0.05, 0.1) is 0 Å². The van der Waals surface area contributed by atoms with Crippen molar-refractivity contribution in [3.63, 3.8) is 0 Å². The van der Waals surface area contributed by atoms with Crippen LogP contribution in [-0.4, -0.2) is 7.05 Å². The van der Waals surface area contributed by atoms with E-state index in [1.54, 1.807) is 0 Å². The van der Waals surface area contributed by atoms with Crippen molar-refractivity contribution in [2.45, 2.75) is 45.6 Å². The van der Waals surface area contributed by atoms with Gasteiger partial charge in [0.1, 0.15) is 0 Å². The fraction of sp³-hybridized carbons (Fsp3) is 0.600. The molecule has 1 N–H and O–H groups in total. The van der Waals surface area contributed by atoms with E-state index < -0.39 is 0 Å². The van der Waals surface area contributed by atoms with Crippen molar-refractivity contribution in [1.29, 1.82) is 0 Å². The first-order valence-corrected chi connectivity index (χ1v) is 7.03. The van der Waals surface area contributed by atoms with Gasteiger partial charge >= 0.3 is 0 Å². The number of benzene rings is 1. The van der Waals surface area contributed by atoms with Crippen LogP contribution < -0.4 is 5.32 Å². The maximum absolute atomic E-state index is 6.08. The van der Waals surface area contributed by atoms with E-state index in [-0.39, 0.29) is 0 Å². The molecule has 1 aromatic rings. The SMILES string of the molecule is CCCC(CCC)C(NC)c1cccc(Cl)c1. The van der Waals surface area contributed by atoms with Crippen molar-refractivity contribution in [3.8, 4) is 0 Å². The van der Waals surface area contributed by atoms with Gasteiger partial charge in [0.25, 0.3) is 0 Å². The molecule has 1 unspecified atom stereocenters. The summed E-state index contributed by atoms with van der Waals surface area (Å²) in [6, 6.07) is 8.66. The topological polar surface area (TPSA) is 12.0 Å². The van der Waals surface area contributed by atoms with Gasteiger partial charge in [0.15, 0.2) is 0 Å². The van der Waals surface area contributed by atoms with Crippen LogP contribution >= 0.6 is 11.6 Å². The number of hydrogen-bond donors (Lipinski definition) is 1. The second-order valence-electron chi connectivity index (χ2n) is 4.66. The molecule has 1 rings (SSSR count). The molecule has 0 radical (unpaired) electrons. The second-order valence-corrected chi connectivity index (χ2v) is 5.10. The van der Waals surface area contributed by atoms with Crippen LogP contribution in [0, 0.1) is 5.92 Å². The van der Waals surface area contributed by atoms with Crippen LogP contribution in [0.4, 0.5) is 0 Å². The first-order valence-electron chi connectivity index (χ1n) is 6.65. The average molecular weight is 254 g/mol. The molecule has 0 amide bonds. The first-order chi connectivity index (χ1) is 8.22. The Labute approximate surface area is 111 Å². The minimum absolute atomic E-state index is 0.425. The lowest BCUT2D eigenvalue weighted by Crippen LogP contribution is -2.25. The third-order valence-corrected chi connectivity index (χ3v) is 3.54. The molecular weight excluding hydrogens is 230 g/mol. The monoisotopic (exact) mass is 253 g/mol. The minimum atomic E-state index is 0.425. The highest BCUT2D eigenvalue weighted by Gasteiger charge is 2.20. The molecule has 17 heavy (non-hydrogen) atoms. The van der Waals surface area contributed by atoms with Crippen LogP contribution in [0.15, 0.2) is 24.3 Å². The van der Waals surface area contributed by atoms with Crippen molar-refractivity contribution < 1.29 is 0 Å². The Balaban J connectivity index is 2.87. The molecule has 0 aliphatic carbocycles. The summed E-state index contributed by atoms with van der Waals surface area (Å²) in [5, 5.41) is 4.28. The van der Waals surface area contributed by atoms with Crippen LogP contribution in [0.5, 0.6) is 0 Å². The molecule has 0 fully saturated rings. The summed E-state index contributed by atoms with van der Waals surface area (Å²) >= 11 is 6.08. The predicted molar refractivity (Wildman–Crippen MR) is 76.6 cm³/mol. The van der Waals surface area contributed by atoms with Crippen LogP contribution in [-0.2, 0) is 0 Å². The smallest absolute Gasteiger partial charge is 0.0409 e. The lowest BCUT2D eigenvalue weighted by atomic mass is 9.86. The Hall–Kier alpha value is -0.530. The van der Waals surface area contributed by atoms with E-state index in [0.717, 1.165) is 5.02 Å². The van der Waals surface area contributed by atoms with Crippen molar-refractivity contribution in [3.05, 3.63) is 34.9 Å². The van der Waals surface area contributed by atoms with Crippen molar-refractivity contribution >= 4 is 11.6 Å². The molecule has 96 valence electrons. The molecular formula is C15H24ClN. The molecule has 0 aromatic heterocycles. The van der Waals surface area contributed by atoms with Gasteiger partial charge in [0, 0.05) is 11.1 Å². The minimum Gasteiger partial charge on any atom is -0.313 e. The second kappa shape index (κ2) is 7.73. The lowest BCUT2D eigenvalue weighted by Gasteiger charge is -2.27. The Morgan fingerprint density at radius 1 is 1.18 bits per heavy atom. The largest absolute Gasteiger partial charge is 0.313 e. The highest BCUT2D eigenvalue weighted by molar-refractivity contribution is 6.30. The third-order valence-electron chi connectivity index (χ3n) is 3.31. The molecule has 1 aromatic carbocycles. The fourth-order valence-corrected chi connectivity index (χ4v) is 2.79. The molecule has 0 aliphatic heterocycles. The third kappa shape index (κ3) is 4.33. The Morgan fingerprint density at radius 2 is 1.82 bits per heavy atom. The van der Waals surface area contributed by atoms with E-state index in [4.69, 9.17) is 11.6 Å². The Morgan fingerprint density at radius 3 is 2.29 bits per heavy atom. The normalized spacial score (nSPS) is 13.0. The summed E-state index contributed by atoms with van der Waals surface area (Å²) in [6.45, 7) is 4.51. The Bertz CT molecular complexity index is 318. The van der Waals surface area contributed by atoms with Gasteiger partial charge in [-0.2, -0.15) is 0 Å². The molecule has 0 saturated heterocycles. The molecule has 0 saturated carbocycles. The number of halogens is 1. The zero-order valence-electron chi connectivity index (χ0n) is 11.2. The van der Waals surface area contributed by atoms with Gasteiger partial charge < -0.3 is 5.32 Å². The van der Waals surface area contributed by atoms with E-state index in [2.05, 4.69) is 31.3 Å². The standard InChI is InChI=1S/C15H24ClN/c1-4-7-12(8-5-2)15(17-3)13-9-6-10-14(16)11-13/h6,9-12,15,17H,4-5,7-8H2,1-3H3. The molecule has 0 bridgehead atoms. The number of rotatable bonds is 7. The zero-order valence-corrected chi connectivity index (χ0v) is 11.9. The first kappa shape index (κ1) is 14.5. The van der Waals surface area contributed by atoms with Gasteiger partial charge in [-0.25, -0.2) is 0 Å². The summed E-state index contributed by atoms with van der Waals surface area (Å²) in [5.41, 5.74) is 1.31. The van der Waals surface area contributed by atoms with Crippen LogP contribution in [0.25, 0.3) is 0 Å². The summed E-state index contributed by atoms with van der Waals surface area (Å²) in [7, 11) is 2.05. The lowest BCUT2D eigenvalue weighted by molar-refractivity contribution is 0.331. The predicted octanol–water partition coefficient (Wildman–Crippen LogP) is 4.82. The molecule has 2 heteroatoms. The molecule has 1 atom stereocenters. The Kier molecular flexibility index (Phi) is 6.61. The van der Waals surface area contributed by atoms with Gasteiger partial charge in [0.2, 0.25) is 0 Å². The zero-order chi connectivity index (χ0) is 12.7. The fourth-order valence-electron chi connectivity index (χ4n) is 2.59.